The van der Waals surface area contributed by atoms with Crippen molar-refractivity contribution in [2.45, 2.75) is 6.92 Å². The predicted octanol–water partition coefficient (Wildman–Crippen LogP) is 3.43. The van der Waals surface area contributed by atoms with Gasteiger partial charge in [-0.05, 0) is 70.5 Å². The summed E-state index contributed by atoms with van der Waals surface area (Å²) < 4.78 is 1.07. The van der Waals surface area contributed by atoms with Gasteiger partial charge in [-0.3, -0.25) is 0 Å². The highest BCUT2D eigenvalue weighted by atomic mass is 127. The highest BCUT2D eigenvalue weighted by Crippen LogP contribution is 2.26. The molecule has 0 aliphatic heterocycles. The van der Waals surface area contributed by atoms with E-state index in [0.717, 1.165) is 20.5 Å². The van der Waals surface area contributed by atoms with Gasteiger partial charge in [0.05, 0.1) is 0 Å². The molecule has 0 amide bonds. The average molecular weight is 324 g/mol. The number of benzene rings is 2. The average Bonchev–Trinajstić information content (AvgIpc) is 2.26. The first-order valence-electron chi connectivity index (χ1n) is 4.99. The smallest absolute Gasteiger partial charge is 0.0450 e. The molecular weight excluding hydrogens is 311 g/mol. The highest BCUT2D eigenvalue weighted by molar-refractivity contribution is 14.1. The van der Waals surface area contributed by atoms with Crippen LogP contribution in [0.4, 0.5) is 11.4 Å². The zero-order chi connectivity index (χ0) is 11.7. The van der Waals surface area contributed by atoms with Crippen LogP contribution in [0.1, 0.15) is 5.56 Å². The minimum absolute atomic E-state index is 0.816. The van der Waals surface area contributed by atoms with Crippen LogP contribution in [0.15, 0.2) is 36.4 Å². The summed E-state index contributed by atoms with van der Waals surface area (Å²) in [4.78, 5) is 0. The Kier molecular flexibility index (Phi) is 3.05. The van der Waals surface area contributed by atoms with Gasteiger partial charge in [-0.2, -0.15) is 0 Å². The minimum Gasteiger partial charge on any atom is -0.399 e. The maximum atomic E-state index is 5.80. The van der Waals surface area contributed by atoms with Crippen molar-refractivity contribution in [3.8, 4) is 11.1 Å². The maximum absolute atomic E-state index is 5.80. The largest absolute Gasteiger partial charge is 0.399 e. The number of rotatable bonds is 1. The number of halogens is 1. The van der Waals surface area contributed by atoms with Gasteiger partial charge in [0.2, 0.25) is 0 Å². The molecule has 0 spiro atoms. The Hall–Kier alpha value is -1.23. The fraction of sp³-hybridized carbons (Fsp3) is 0.0769. The number of anilines is 2. The molecule has 0 heterocycles. The number of nitrogens with two attached hydrogens (primary N) is 2. The van der Waals surface area contributed by atoms with E-state index in [1.54, 1.807) is 0 Å². The first-order valence-corrected chi connectivity index (χ1v) is 6.07. The van der Waals surface area contributed by atoms with Crippen LogP contribution in [0.3, 0.4) is 0 Å². The summed E-state index contributed by atoms with van der Waals surface area (Å²) in [5, 5.41) is 0. The standard InChI is InChI=1S/C13H13IN2/c1-8-6-9(2-4-12(8)15)10-3-5-13(16)11(14)7-10/h2-7H,15-16H2,1H3. The van der Waals surface area contributed by atoms with Gasteiger partial charge in [-0.15, -0.1) is 0 Å². The lowest BCUT2D eigenvalue weighted by Crippen LogP contribution is -1.91. The lowest BCUT2D eigenvalue weighted by atomic mass is 10.0. The third kappa shape index (κ3) is 2.14. The molecule has 2 rings (SSSR count). The van der Waals surface area contributed by atoms with Crippen LogP contribution in [0, 0.1) is 10.5 Å². The zero-order valence-corrected chi connectivity index (χ0v) is 11.2. The third-order valence-electron chi connectivity index (χ3n) is 2.60. The summed E-state index contributed by atoms with van der Waals surface area (Å²) in [7, 11) is 0. The van der Waals surface area contributed by atoms with Gasteiger partial charge < -0.3 is 11.5 Å². The number of aryl methyl sites for hydroxylation is 1. The van der Waals surface area contributed by atoms with Gasteiger partial charge in [0.25, 0.3) is 0 Å². The molecule has 16 heavy (non-hydrogen) atoms. The second-order valence-electron chi connectivity index (χ2n) is 3.81. The van der Waals surface area contributed by atoms with Gasteiger partial charge in [0.15, 0.2) is 0 Å². The molecule has 0 fully saturated rings. The Morgan fingerprint density at radius 3 is 2.00 bits per heavy atom. The third-order valence-corrected chi connectivity index (χ3v) is 3.54. The van der Waals surface area contributed by atoms with Crippen molar-refractivity contribution in [3.63, 3.8) is 0 Å². The van der Waals surface area contributed by atoms with E-state index in [4.69, 9.17) is 11.5 Å². The molecule has 0 radical (unpaired) electrons. The molecule has 0 atom stereocenters. The molecule has 0 aromatic heterocycles. The van der Waals surface area contributed by atoms with Crippen molar-refractivity contribution >= 4 is 34.0 Å². The van der Waals surface area contributed by atoms with Gasteiger partial charge >= 0.3 is 0 Å². The van der Waals surface area contributed by atoms with Crippen molar-refractivity contribution in [1.82, 2.24) is 0 Å². The summed E-state index contributed by atoms with van der Waals surface area (Å²) >= 11 is 2.24. The van der Waals surface area contributed by atoms with E-state index >= 15 is 0 Å². The lowest BCUT2D eigenvalue weighted by Gasteiger charge is -2.07. The van der Waals surface area contributed by atoms with Crippen LogP contribution in [0.2, 0.25) is 0 Å². The molecule has 2 aromatic rings. The topological polar surface area (TPSA) is 52.0 Å². The van der Waals surface area contributed by atoms with E-state index in [1.807, 2.05) is 31.2 Å². The first kappa shape index (κ1) is 11.3. The Balaban J connectivity index is 2.50. The minimum atomic E-state index is 0.816. The second kappa shape index (κ2) is 4.33. The molecule has 0 bridgehead atoms. The normalized spacial score (nSPS) is 10.4. The number of nitrogen functional groups attached to an aromatic ring is 2. The summed E-state index contributed by atoms with van der Waals surface area (Å²) in [6, 6.07) is 12.1. The summed E-state index contributed by atoms with van der Waals surface area (Å²) in [6.07, 6.45) is 0. The summed E-state index contributed by atoms with van der Waals surface area (Å²) in [5.41, 5.74) is 16.7. The molecule has 0 saturated heterocycles. The fourth-order valence-corrected chi connectivity index (χ4v) is 2.08. The molecule has 4 N–H and O–H groups in total. The molecule has 0 aliphatic carbocycles. The van der Waals surface area contributed by atoms with E-state index < -0.39 is 0 Å². The van der Waals surface area contributed by atoms with Gasteiger partial charge in [-0.1, -0.05) is 12.1 Å². The van der Waals surface area contributed by atoms with E-state index in [9.17, 15) is 0 Å². The van der Waals surface area contributed by atoms with Gasteiger partial charge in [-0.25, -0.2) is 0 Å². The zero-order valence-electron chi connectivity index (χ0n) is 9.00. The van der Waals surface area contributed by atoms with Crippen molar-refractivity contribution < 1.29 is 0 Å². The Bertz CT molecular complexity index is 486. The van der Waals surface area contributed by atoms with Crippen LogP contribution < -0.4 is 11.5 Å². The Morgan fingerprint density at radius 2 is 1.44 bits per heavy atom. The summed E-state index contributed by atoms with van der Waals surface area (Å²) in [5.74, 6) is 0. The second-order valence-corrected chi connectivity index (χ2v) is 4.97. The first-order chi connectivity index (χ1) is 7.58. The van der Waals surface area contributed by atoms with Crippen LogP contribution in [-0.4, -0.2) is 0 Å². The van der Waals surface area contributed by atoms with Crippen molar-refractivity contribution in [2.24, 2.45) is 0 Å². The molecule has 2 nitrogen and oxygen atoms in total. The maximum Gasteiger partial charge on any atom is 0.0450 e. The number of hydrogen-bond donors (Lipinski definition) is 2. The summed E-state index contributed by atoms with van der Waals surface area (Å²) in [6.45, 7) is 2.01. The monoisotopic (exact) mass is 324 g/mol. The van der Waals surface area contributed by atoms with Gasteiger partial charge in [0, 0.05) is 14.9 Å². The molecular formula is C13H13IN2. The van der Waals surface area contributed by atoms with Crippen molar-refractivity contribution in [3.05, 3.63) is 45.5 Å². The molecule has 0 saturated carbocycles. The van der Waals surface area contributed by atoms with Crippen LogP contribution in [-0.2, 0) is 0 Å². The van der Waals surface area contributed by atoms with Crippen molar-refractivity contribution in [2.75, 3.05) is 11.5 Å². The molecule has 3 heteroatoms. The highest BCUT2D eigenvalue weighted by Gasteiger charge is 2.02. The fourth-order valence-electron chi connectivity index (χ4n) is 1.56. The lowest BCUT2D eigenvalue weighted by molar-refractivity contribution is 1.46. The van der Waals surface area contributed by atoms with Gasteiger partial charge in [0.1, 0.15) is 0 Å². The van der Waals surface area contributed by atoms with E-state index in [-0.39, 0.29) is 0 Å². The van der Waals surface area contributed by atoms with Crippen LogP contribution in [0.25, 0.3) is 11.1 Å². The molecule has 0 unspecified atom stereocenters. The van der Waals surface area contributed by atoms with Crippen molar-refractivity contribution in [1.29, 1.82) is 0 Å². The van der Waals surface area contributed by atoms with E-state index in [0.29, 0.717) is 0 Å². The van der Waals surface area contributed by atoms with E-state index in [2.05, 4.69) is 34.7 Å². The Labute approximate surface area is 109 Å². The molecule has 0 aliphatic rings. The quantitative estimate of drug-likeness (QED) is 0.624. The van der Waals surface area contributed by atoms with Crippen LogP contribution in [0.5, 0.6) is 0 Å². The SMILES string of the molecule is Cc1cc(-c2ccc(N)c(I)c2)ccc1N. The molecule has 82 valence electrons. The van der Waals surface area contributed by atoms with Crippen LogP contribution >= 0.6 is 22.6 Å². The Morgan fingerprint density at radius 1 is 0.875 bits per heavy atom. The number of hydrogen-bond acceptors (Lipinski definition) is 2. The van der Waals surface area contributed by atoms with E-state index in [1.165, 1.54) is 11.1 Å². The predicted molar refractivity (Wildman–Crippen MR) is 78.2 cm³/mol. The molecule has 2 aromatic carbocycles.